The van der Waals surface area contributed by atoms with Crippen LogP contribution >= 0.6 is 11.3 Å². The average molecular weight is 388 g/mol. The zero-order valence-corrected chi connectivity index (χ0v) is 16.5. The Morgan fingerprint density at radius 2 is 2.15 bits per heavy atom. The number of amides is 1. The molecule has 144 valence electrons. The van der Waals surface area contributed by atoms with Crippen molar-refractivity contribution in [2.75, 3.05) is 32.6 Å². The Bertz CT molecular complexity index is 813. The number of piperidine rings is 1. The van der Waals surface area contributed by atoms with Crippen molar-refractivity contribution in [3.63, 3.8) is 0 Å². The minimum absolute atomic E-state index is 0.215. The highest BCUT2D eigenvalue weighted by molar-refractivity contribution is 7.15. The Labute approximate surface area is 163 Å². The molecular formula is C20H25N3O3S. The van der Waals surface area contributed by atoms with E-state index < -0.39 is 0 Å². The number of hydrogen-bond donors (Lipinski definition) is 2. The van der Waals surface area contributed by atoms with Crippen LogP contribution in [0.25, 0.3) is 0 Å². The summed E-state index contributed by atoms with van der Waals surface area (Å²) in [7, 11) is 3.14. The molecule has 0 spiro atoms. The highest BCUT2D eigenvalue weighted by atomic mass is 32.1. The number of ether oxygens (including phenoxy) is 2. The first-order chi connectivity index (χ1) is 13.2. The van der Waals surface area contributed by atoms with Gasteiger partial charge in [-0.1, -0.05) is 6.08 Å². The molecule has 1 saturated heterocycles. The number of carbonyl (C=O) groups excluding carboxylic acids is 1. The molecule has 1 amide bonds. The van der Waals surface area contributed by atoms with Crippen molar-refractivity contribution in [1.29, 1.82) is 0 Å². The summed E-state index contributed by atoms with van der Waals surface area (Å²) in [5.41, 5.74) is 1.36. The van der Waals surface area contributed by atoms with E-state index in [1.165, 1.54) is 4.88 Å². The van der Waals surface area contributed by atoms with Crippen LogP contribution in [0.3, 0.4) is 0 Å². The molecule has 0 saturated carbocycles. The lowest BCUT2D eigenvalue weighted by molar-refractivity contribution is 0.102. The van der Waals surface area contributed by atoms with Gasteiger partial charge in [-0.05, 0) is 50.4 Å². The van der Waals surface area contributed by atoms with Gasteiger partial charge in [0.2, 0.25) is 0 Å². The smallest absolute Gasteiger partial charge is 0.257 e. The number of hydrogen-bond acceptors (Lipinski definition) is 6. The highest BCUT2D eigenvalue weighted by Crippen LogP contribution is 2.34. The van der Waals surface area contributed by atoms with E-state index in [-0.39, 0.29) is 5.91 Å². The fourth-order valence-electron chi connectivity index (χ4n) is 3.29. The van der Waals surface area contributed by atoms with E-state index >= 15 is 0 Å². The molecule has 7 heteroatoms. The quantitative estimate of drug-likeness (QED) is 0.710. The predicted molar refractivity (Wildman–Crippen MR) is 108 cm³/mol. The number of nitrogens with zero attached hydrogens (tertiary/aromatic N) is 1. The van der Waals surface area contributed by atoms with E-state index in [2.05, 4.69) is 22.2 Å². The number of thiazole rings is 1. The van der Waals surface area contributed by atoms with Crippen LogP contribution in [0.15, 0.2) is 31.0 Å². The summed E-state index contributed by atoms with van der Waals surface area (Å²) in [4.78, 5) is 18.4. The number of benzene rings is 1. The summed E-state index contributed by atoms with van der Waals surface area (Å²) in [5, 5.41) is 6.89. The first-order valence-corrected chi connectivity index (χ1v) is 9.81. The van der Waals surface area contributed by atoms with Gasteiger partial charge in [-0.2, -0.15) is 0 Å². The van der Waals surface area contributed by atoms with E-state index in [0.717, 1.165) is 31.5 Å². The van der Waals surface area contributed by atoms with Gasteiger partial charge in [0.1, 0.15) is 0 Å². The van der Waals surface area contributed by atoms with Gasteiger partial charge in [0.25, 0.3) is 5.91 Å². The molecule has 1 aromatic carbocycles. The second kappa shape index (κ2) is 9.01. The molecule has 2 heterocycles. The summed E-state index contributed by atoms with van der Waals surface area (Å²) >= 11 is 1.55. The molecule has 0 aliphatic carbocycles. The maximum atomic E-state index is 12.7. The molecule has 3 rings (SSSR count). The molecule has 27 heavy (non-hydrogen) atoms. The van der Waals surface area contributed by atoms with Crippen LogP contribution in [0.4, 0.5) is 5.13 Å². The van der Waals surface area contributed by atoms with Crippen LogP contribution in [0.5, 0.6) is 11.5 Å². The van der Waals surface area contributed by atoms with E-state index in [1.807, 2.05) is 6.20 Å². The van der Waals surface area contributed by atoms with Gasteiger partial charge in [0.15, 0.2) is 16.6 Å². The van der Waals surface area contributed by atoms with E-state index in [4.69, 9.17) is 9.47 Å². The van der Waals surface area contributed by atoms with Gasteiger partial charge >= 0.3 is 0 Å². The lowest BCUT2D eigenvalue weighted by atomic mass is 9.97. The molecule has 1 fully saturated rings. The van der Waals surface area contributed by atoms with Crippen LogP contribution < -0.4 is 20.1 Å². The van der Waals surface area contributed by atoms with Crippen molar-refractivity contribution in [2.45, 2.75) is 25.2 Å². The third kappa shape index (κ3) is 4.48. The van der Waals surface area contributed by atoms with Crippen LogP contribution in [0, 0.1) is 0 Å². The van der Waals surface area contributed by atoms with E-state index in [9.17, 15) is 4.79 Å². The standard InChI is InChI=1S/C20H25N3O3S/c1-4-5-14-10-15(11-16(25-2)18(14)26-3)19(24)23-20-22-12-17(27-20)13-6-8-21-9-7-13/h4,10-13,21H,1,5-9H2,2-3H3,(H,22,23,24). The van der Waals surface area contributed by atoms with Crippen molar-refractivity contribution >= 4 is 22.4 Å². The Morgan fingerprint density at radius 1 is 1.37 bits per heavy atom. The van der Waals surface area contributed by atoms with Gasteiger partial charge in [-0.15, -0.1) is 17.9 Å². The van der Waals surface area contributed by atoms with Crippen LogP contribution in [-0.2, 0) is 6.42 Å². The molecule has 2 aromatic rings. The van der Waals surface area contributed by atoms with Crippen molar-refractivity contribution in [1.82, 2.24) is 10.3 Å². The minimum atomic E-state index is -0.215. The van der Waals surface area contributed by atoms with Gasteiger partial charge < -0.3 is 14.8 Å². The first-order valence-electron chi connectivity index (χ1n) is 8.99. The Kier molecular flexibility index (Phi) is 6.47. The van der Waals surface area contributed by atoms with E-state index in [0.29, 0.717) is 34.5 Å². The summed E-state index contributed by atoms with van der Waals surface area (Å²) in [6.07, 6.45) is 6.45. The minimum Gasteiger partial charge on any atom is -0.493 e. The van der Waals surface area contributed by atoms with Crippen LogP contribution in [0.2, 0.25) is 0 Å². The highest BCUT2D eigenvalue weighted by Gasteiger charge is 2.20. The SMILES string of the molecule is C=CCc1cc(C(=O)Nc2ncc(C3CCNCC3)s2)cc(OC)c1OC. The number of allylic oxidation sites excluding steroid dienone is 1. The Hall–Kier alpha value is -2.38. The molecule has 1 aromatic heterocycles. The molecular weight excluding hydrogens is 362 g/mol. The lowest BCUT2D eigenvalue weighted by Crippen LogP contribution is -2.26. The van der Waals surface area contributed by atoms with Crippen molar-refractivity contribution < 1.29 is 14.3 Å². The summed E-state index contributed by atoms with van der Waals surface area (Å²) in [5.74, 6) is 1.45. The third-order valence-electron chi connectivity index (χ3n) is 4.67. The molecule has 2 N–H and O–H groups in total. The zero-order valence-electron chi connectivity index (χ0n) is 15.7. The van der Waals surface area contributed by atoms with Gasteiger partial charge in [-0.3, -0.25) is 10.1 Å². The number of carbonyl (C=O) groups is 1. The fraction of sp³-hybridized carbons (Fsp3) is 0.400. The maximum Gasteiger partial charge on any atom is 0.257 e. The Morgan fingerprint density at radius 3 is 2.81 bits per heavy atom. The molecule has 0 bridgehead atoms. The van der Waals surface area contributed by atoms with Crippen molar-refractivity contribution in [3.05, 3.63) is 47.0 Å². The lowest BCUT2D eigenvalue weighted by Gasteiger charge is -2.20. The molecule has 1 aliphatic rings. The molecule has 0 atom stereocenters. The monoisotopic (exact) mass is 387 g/mol. The molecule has 0 unspecified atom stereocenters. The fourth-order valence-corrected chi connectivity index (χ4v) is 4.27. The van der Waals surface area contributed by atoms with Gasteiger partial charge in [0, 0.05) is 22.2 Å². The number of aromatic nitrogens is 1. The van der Waals surface area contributed by atoms with Crippen LogP contribution in [-0.4, -0.2) is 38.2 Å². The molecule has 6 nitrogen and oxygen atoms in total. The van der Waals surface area contributed by atoms with Gasteiger partial charge in [-0.25, -0.2) is 4.98 Å². The zero-order chi connectivity index (χ0) is 19.2. The number of rotatable bonds is 7. The van der Waals surface area contributed by atoms with Crippen molar-refractivity contribution in [2.24, 2.45) is 0 Å². The third-order valence-corrected chi connectivity index (χ3v) is 5.74. The largest absolute Gasteiger partial charge is 0.493 e. The summed E-state index contributed by atoms with van der Waals surface area (Å²) < 4.78 is 10.8. The van der Waals surface area contributed by atoms with E-state index in [1.54, 1.807) is 43.8 Å². The number of methoxy groups -OCH3 is 2. The predicted octanol–water partition coefficient (Wildman–Crippen LogP) is 3.61. The van der Waals surface area contributed by atoms with Gasteiger partial charge in [0.05, 0.1) is 14.2 Å². The topological polar surface area (TPSA) is 72.5 Å². The molecule has 0 radical (unpaired) electrons. The summed E-state index contributed by atoms with van der Waals surface area (Å²) in [6.45, 7) is 5.83. The second-order valence-corrected chi connectivity index (χ2v) is 7.47. The number of nitrogens with one attached hydrogen (secondary N) is 2. The number of anilines is 1. The average Bonchev–Trinajstić information content (AvgIpc) is 3.16. The first kappa shape index (κ1) is 19.4. The van der Waals surface area contributed by atoms with Crippen molar-refractivity contribution in [3.8, 4) is 11.5 Å². The molecule has 1 aliphatic heterocycles. The summed E-state index contributed by atoms with van der Waals surface area (Å²) in [6, 6.07) is 3.49. The van der Waals surface area contributed by atoms with Crippen LogP contribution in [0.1, 0.15) is 39.6 Å². The normalized spacial score (nSPS) is 14.6. The Balaban J connectivity index is 1.78. The maximum absolute atomic E-state index is 12.7. The second-order valence-electron chi connectivity index (χ2n) is 6.41.